The summed E-state index contributed by atoms with van der Waals surface area (Å²) in [5, 5.41) is 0. The highest BCUT2D eigenvalue weighted by atomic mass is 16.5. The summed E-state index contributed by atoms with van der Waals surface area (Å²) >= 11 is 0. The van der Waals surface area contributed by atoms with Crippen LogP contribution < -0.4 is 4.74 Å². The van der Waals surface area contributed by atoms with Crippen molar-refractivity contribution in [3.63, 3.8) is 0 Å². The van der Waals surface area contributed by atoms with Gasteiger partial charge in [-0.1, -0.05) is 35.9 Å². The van der Waals surface area contributed by atoms with E-state index >= 15 is 0 Å². The van der Waals surface area contributed by atoms with Crippen LogP contribution in [0.1, 0.15) is 39.5 Å². The van der Waals surface area contributed by atoms with Gasteiger partial charge in [-0.15, -0.1) is 0 Å². The van der Waals surface area contributed by atoms with Gasteiger partial charge in [-0.2, -0.15) is 0 Å². The molecule has 0 aliphatic carbocycles. The normalized spacial score (nSPS) is 10.4. The molecule has 2 rings (SSSR count). The average molecular weight is 268 g/mol. The van der Waals surface area contributed by atoms with Crippen LogP contribution in [-0.4, -0.2) is 5.78 Å². The minimum atomic E-state index is 0.0321. The predicted molar refractivity (Wildman–Crippen MR) is 81.4 cm³/mol. The molecule has 0 saturated carbocycles. The molecule has 2 nitrogen and oxygen atoms in total. The lowest BCUT2D eigenvalue weighted by molar-refractivity contribution is 0.101. The summed E-state index contributed by atoms with van der Waals surface area (Å²) in [6.07, 6.45) is 0. The molecule has 0 spiro atoms. The fraction of sp³-hybridized carbons (Fsp3) is 0.278. The van der Waals surface area contributed by atoms with Gasteiger partial charge < -0.3 is 4.74 Å². The van der Waals surface area contributed by atoms with Gasteiger partial charge in [0.15, 0.2) is 5.78 Å². The van der Waals surface area contributed by atoms with Crippen LogP contribution in [0.3, 0.4) is 0 Å². The van der Waals surface area contributed by atoms with Gasteiger partial charge in [0, 0.05) is 0 Å². The average Bonchev–Trinajstić information content (AvgIpc) is 2.40. The molecule has 0 fully saturated rings. The molecule has 104 valence electrons. The Kier molecular flexibility index (Phi) is 4.23. The highest BCUT2D eigenvalue weighted by Crippen LogP contribution is 2.25. The van der Waals surface area contributed by atoms with E-state index in [9.17, 15) is 4.79 Å². The number of benzene rings is 2. The first-order valence-electron chi connectivity index (χ1n) is 6.78. The topological polar surface area (TPSA) is 26.3 Å². The maximum absolute atomic E-state index is 11.7. The van der Waals surface area contributed by atoms with Gasteiger partial charge in [0.2, 0.25) is 0 Å². The van der Waals surface area contributed by atoms with E-state index in [0.29, 0.717) is 17.9 Å². The number of ether oxygens (including phenoxy) is 1. The van der Waals surface area contributed by atoms with E-state index in [1.165, 1.54) is 11.1 Å². The Morgan fingerprint density at radius 1 is 1.05 bits per heavy atom. The molecule has 0 aromatic heterocycles. The van der Waals surface area contributed by atoms with Crippen molar-refractivity contribution < 1.29 is 9.53 Å². The molecule has 0 heterocycles. The summed E-state index contributed by atoms with van der Waals surface area (Å²) in [6.45, 7) is 8.16. The third-order valence-corrected chi connectivity index (χ3v) is 3.47. The smallest absolute Gasteiger partial charge is 0.163 e. The molecule has 0 unspecified atom stereocenters. The first-order valence-corrected chi connectivity index (χ1v) is 6.78. The summed E-state index contributed by atoms with van der Waals surface area (Å²) < 4.78 is 5.93. The number of carbonyl (C=O) groups excluding carboxylic acids is 1. The van der Waals surface area contributed by atoms with Gasteiger partial charge in [0.1, 0.15) is 12.4 Å². The predicted octanol–water partition coefficient (Wildman–Crippen LogP) is 4.39. The molecule has 0 aliphatic rings. The number of hydrogen-bond donors (Lipinski definition) is 0. The van der Waals surface area contributed by atoms with Crippen molar-refractivity contribution in [1.29, 1.82) is 0 Å². The van der Waals surface area contributed by atoms with Gasteiger partial charge in [0.05, 0.1) is 5.56 Å². The number of ketones is 1. The Morgan fingerprint density at radius 3 is 2.50 bits per heavy atom. The maximum atomic E-state index is 11.7. The van der Waals surface area contributed by atoms with Crippen molar-refractivity contribution in [1.82, 2.24) is 0 Å². The minimum absolute atomic E-state index is 0.0321. The van der Waals surface area contributed by atoms with Crippen LogP contribution in [0, 0.1) is 20.8 Å². The van der Waals surface area contributed by atoms with Crippen LogP contribution in [0.15, 0.2) is 36.4 Å². The van der Waals surface area contributed by atoms with Crippen molar-refractivity contribution in [3.8, 4) is 5.75 Å². The Labute approximate surface area is 120 Å². The van der Waals surface area contributed by atoms with Crippen molar-refractivity contribution in [3.05, 3.63) is 64.2 Å². The molecule has 0 N–H and O–H groups in total. The molecule has 0 amide bonds. The second-order valence-corrected chi connectivity index (χ2v) is 5.23. The first kappa shape index (κ1) is 14.3. The molecule has 20 heavy (non-hydrogen) atoms. The Balaban J connectivity index is 2.27. The summed E-state index contributed by atoms with van der Waals surface area (Å²) in [5.74, 6) is 0.727. The van der Waals surface area contributed by atoms with E-state index in [4.69, 9.17) is 4.74 Å². The van der Waals surface area contributed by atoms with Gasteiger partial charge in [-0.3, -0.25) is 4.79 Å². The molecular formula is C18H20O2. The Morgan fingerprint density at radius 2 is 1.80 bits per heavy atom. The number of Topliss-reactive ketones (excluding diaryl/α,β-unsaturated/α-hetero) is 1. The lowest BCUT2D eigenvalue weighted by Crippen LogP contribution is -2.04. The summed E-state index contributed by atoms with van der Waals surface area (Å²) in [7, 11) is 0. The van der Waals surface area contributed by atoms with Crippen molar-refractivity contribution in [2.75, 3.05) is 0 Å². The standard InChI is InChI=1S/C18H20O2/c1-12-8-9-13(2)16(10-12)11-20-18-14(3)6-5-7-17(18)15(4)19/h5-10H,11H2,1-4H3. The zero-order valence-electron chi connectivity index (χ0n) is 12.5. The highest BCUT2D eigenvalue weighted by molar-refractivity contribution is 5.97. The third kappa shape index (κ3) is 3.08. The van der Waals surface area contributed by atoms with Gasteiger partial charge in [-0.05, 0) is 50.5 Å². The van der Waals surface area contributed by atoms with Gasteiger partial charge >= 0.3 is 0 Å². The van der Waals surface area contributed by atoms with Crippen LogP contribution in [0.4, 0.5) is 0 Å². The van der Waals surface area contributed by atoms with Crippen LogP contribution in [0.2, 0.25) is 0 Å². The fourth-order valence-corrected chi connectivity index (χ4v) is 2.23. The molecule has 0 radical (unpaired) electrons. The van der Waals surface area contributed by atoms with Crippen LogP contribution in [0.25, 0.3) is 0 Å². The first-order chi connectivity index (χ1) is 9.49. The monoisotopic (exact) mass is 268 g/mol. The molecule has 0 bridgehead atoms. The molecule has 0 saturated heterocycles. The molecule has 0 atom stereocenters. The number of hydrogen-bond acceptors (Lipinski definition) is 2. The van der Waals surface area contributed by atoms with E-state index in [-0.39, 0.29) is 5.78 Å². The number of aryl methyl sites for hydroxylation is 3. The summed E-state index contributed by atoms with van der Waals surface area (Å²) in [5.41, 5.74) is 5.21. The zero-order chi connectivity index (χ0) is 14.7. The third-order valence-electron chi connectivity index (χ3n) is 3.47. The van der Waals surface area contributed by atoms with Crippen LogP contribution in [-0.2, 0) is 6.61 Å². The molecule has 2 heteroatoms. The van der Waals surface area contributed by atoms with Crippen LogP contribution in [0.5, 0.6) is 5.75 Å². The van der Waals surface area contributed by atoms with Gasteiger partial charge in [0.25, 0.3) is 0 Å². The van der Waals surface area contributed by atoms with E-state index < -0.39 is 0 Å². The van der Waals surface area contributed by atoms with E-state index in [0.717, 1.165) is 11.1 Å². The minimum Gasteiger partial charge on any atom is -0.488 e. The SMILES string of the molecule is CC(=O)c1cccc(C)c1OCc1cc(C)ccc1C. The van der Waals surface area contributed by atoms with Crippen molar-refractivity contribution in [2.24, 2.45) is 0 Å². The molecule has 2 aromatic carbocycles. The molecule has 2 aromatic rings. The van der Waals surface area contributed by atoms with Crippen LogP contribution >= 0.6 is 0 Å². The van der Waals surface area contributed by atoms with Gasteiger partial charge in [-0.25, -0.2) is 0 Å². The summed E-state index contributed by atoms with van der Waals surface area (Å²) in [6, 6.07) is 12.0. The van der Waals surface area contributed by atoms with E-state index in [1.807, 2.05) is 25.1 Å². The van der Waals surface area contributed by atoms with Crippen molar-refractivity contribution in [2.45, 2.75) is 34.3 Å². The van der Waals surface area contributed by atoms with Crippen molar-refractivity contribution >= 4 is 5.78 Å². The quantitative estimate of drug-likeness (QED) is 0.768. The number of para-hydroxylation sites is 1. The molecular weight excluding hydrogens is 248 g/mol. The maximum Gasteiger partial charge on any atom is 0.163 e. The zero-order valence-corrected chi connectivity index (χ0v) is 12.5. The second-order valence-electron chi connectivity index (χ2n) is 5.23. The Bertz CT molecular complexity index is 642. The molecule has 0 aliphatic heterocycles. The number of rotatable bonds is 4. The van der Waals surface area contributed by atoms with E-state index in [2.05, 4.69) is 32.0 Å². The lowest BCUT2D eigenvalue weighted by atomic mass is 10.1. The fourth-order valence-electron chi connectivity index (χ4n) is 2.23. The highest BCUT2D eigenvalue weighted by Gasteiger charge is 2.11. The number of carbonyl (C=O) groups is 1. The second kappa shape index (κ2) is 5.91. The largest absolute Gasteiger partial charge is 0.488 e. The Hall–Kier alpha value is -2.09. The van der Waals surface area contributed by atoms with E-state index in [1.54, 1.807) is 6.92 Å². The summed E-state index contributed by atoms with van der Waals surface area (Å²) in [4.78, 5) is 11.7. The lowest BCUT2D eigenvalue weighted by Gasteiger charge is -2.14.